The molecule has 1 aromatic carbocycles. The standard InChI is InChI=1S/C18H25NO2/c1-21-18-7-6-14(13-20)10-17(18)12-19-9-8-15-4-2-3-5-16(15)11-19/h6-7,10,13,15-16H,2-5,8-9,11-12H2,1H3. The Balaban J connectivity index is 1.70. The fourth-order valence-corrected chi connectivity index (χ4v) is 4.06. The Hall–Kier alpha value is -1.35. The van der Waals surface area contributed by atoms with Crippen molar-refractivity contribution in [2.75, 3.05) is 20.2 Å². The van der Waals surface area contributed by atoms with Gasteiger partial charge in [-0.1, -0.05) is 19.3 Å². The van der Waals surface area contributed by atoms with E-state index in [1.807, 2.05) is 18.2 Å². The fourth-order valence-electron chi connectivity index (χ4n) is 4.06. The van der Waals surface area contributed by atoms with Crippen molar-refractivity contribution in [3.05, 3.63) is 29.3 Å². The second-order valence-corrected chi connectivity index (χ2v) is 6.52. The number of aldehydes is 1. The van der Waals surface area contributed by atoms with Crippen LogP contribution in [-0.4, -0.2) is 31.4 Å². The van der Waals surface area contributed by atoms with Gasteiger partial charge in [0.05, 0.1) is 7.11 Å². The van der Waals surface area contributed by atoms with Gasteiger partial charge in [-0.05, 0) is 49.4 Å². The van der Waals surface area contributed by atoms with Gasteiger partial charge < -0.3 is 4.74 Å². The number of likely N-dealkylation sites (tertiary alicyclic amines) is 1. The molecule has 1 aliphatic carbocycles. The first kappa shape index (κ1) is 14.6. The minimum absolute atomic E-state index is 0.735. The van der Waals surface area contributed by atoms with Gasteiger partial charge in [0, 0.05) is 24.2 Å². The molecule has 1 saturated heterocycles. The zero-order valence-corrected chi connectivity index (χ0v) is 12.9. The van der Waals surface area contributed by atoms with Crippen LogP contribution in [0, 0.1) is 11.8 Å². The zero-order chi connectivity index (χ0) is 14.7. The second kappa shape index (κ2) is 6.61. The quantitative estimate of drug-likeness (QED) is 0.794. The molecule has 2 fully saturated rings. The van der Waals surface area contributed by atoms with Gasteiger partial charge >= 0.3 is 0 Å². The molecular weight excluding hydrogens is 262 g/mol. The third-order valence-electron chi connectivity index (χ3n) is 5.21. The normalized spacial score (nSPS) is 26.1. The minimum Gasteiger partial charge on any atom is -0.496 e. The molecule has 1 saturated carbocycles. The van der Waals surface area contributed by atoms with Crippen LogP contribution in [0.25, 0.3) is 0 Å². The molecule has 3 heteroatoms. The molecule has 2 aliphatic rings. The highest BCUT2D eigenvalue weighted by atomic mass is 16.5. The second-order valence-electron chi connectivity index (χ2n) is 6.52. The maximum atomic E-state index is 11.0. The van der Waals surface area contributed by atoms with E-state index in [1.54, 1.807) is 7.11 Å². The van der Waals surface area contributed by atoms with Gasteiger partial charge in [-0.2, -0.15) is 0 Å². The van der Waals surface area contributed by atoms with Crippen LogP contribution in [-0.2, 0) is 6.54 Å². The van der Waals surface area contributed by atoms with Gasteiger partial charge in [-0.3, -0.25) is 9.69 Å². The molecule has 0 spiro atoms. The Labute approximate surface area is 127 Å². The number of benzene rings is 1. The minimum atomic E-state index is 0.735. The van der Waals surface area contributed by atoms with Gasteiger partial charge in [0.15, 0.2) is 0 Å². The van der Waals surface area contributed by atoms with E-state index in [0.29, 0.717) is 0 Å². The van der Waals surface area contributed by atoms with Crippen LogP contribution < -0.4 is 4.74 Å². The third-order valence-corrected chi connectivity index (χ3v) is 5.21. The summed E-state index contributed by atoms with van der Waals surface area (Å²) in [6.45, 7) is 3.28. The molecule has 114 valence electrons. The molecule has 0 aromatic heterocycles. The highest BCUT2D eigenvalue weighted by molar-refractivity contribution is 5.75. The fraction of sp³-hybridized carbons (Fsp3) is 0.611. The number of piperidine rings is 1. The van der Waals surface area contributed by atoms with Crippen molar-refractivity contribution < 1.29 is 9.53 Å². The van der Waals surface area contributed by atoms with Crippen LogP contribution in [0.2, 0.25) is 0 Å². The van der Waals surface area contributed by atoms with Crippen LogP contribution in [0.3, 0.4) is 0 Å². The summed E-state index contributed by atoms with van der Waals surface area (Å²) < 4.78 is 5.45. The van der Waals surface area contributed by atoms with Crippen LogP contribution in [0.5, 0.6) is 5.75 Å². The van der Waals surface area contributed by atoms with Crippen molar-refractivity contribution in [1.82, 2.24) is 4.90 Å². The summed E-state index contributed by atoms with van der Waals surface area (Å²) in [7, 11) is 1.70. The van der Waals surface area contributed by atoms with Gasteiger partial charge in [-0.25, -0.2) is 0 Å². The first-order valence-electron chi connectivity index (χ1n) is 8.14. The van der Waals surface area contributed by atoms with Gasteiger partial charge in [-0.15, -0.1) is 0 Å². The number of ether oxygens (including phenoxy) is 1. The average Bonchev–Trinajstić information content (AvgIpc) is 2.54. The summed E-state index contributed by atoms with van der Waals surface area (Å²) >= 11 is 0. The molecule has 0 N–H and O–H groups in total. The Morgan fingerprint density at radius 3 is 2.81 bits per heavy atom. The Morgan fingerprint density at radius 2 is 2.05 bits per heavy atom. The lowest BCUT2D eigenvalue weighted by molar-refractivity contribution is 0.0815. The largest absolute Gasteiger partial charge is 0.496 e. The highest BCUT2D eigenvalue weighted by Gasteiger charge is 2.31. The topological polar surface area (TPSA) is 29.5 Å². The van der Waals surface area contributed by atoms with Crippen molar-refractivity contribution in [2.24, 2.45) is 11.8 Å². The van der Waals surface area contributed by atoms with E-state index >= 15 is 0 Å². The van der Waals surface area contributed by atoms with Crippen molar-refractivity contribution in [1.29, 1.82) is 0 Å². The summed E-state index contributed by atoms with van der Waals surface area (Å²) in [5, 5.41) is 0. The lowest BCUT2D eigenvalue weighted by Gasteiger charge is -2.41. The Morgan fingerprint density at radius 1 is 1.24 bits per heavy atom. The number of methoxy groups -OCH3 is 1. The molecule has 3 nitrogen and oxygen atoms in total. The molecule has 3 rings (SSSR count). The maximum Gasteiger partial charge on any atom is 0.150 e. The third kappa shape index (κ3) is 3.29. The summed E-state index contributed by atoms with van der Waals surface area (Å²) in [6.07, 6.45) is 7.90. The van der Waals surface area contributed by atoms with Crippen molar-refractivity contribution in [2.45, 2.75) is 38.6 Å². The van der Waals surface area contributed by atoms with E-state index < -0.39 is 0 Å². The Kier molecular flexibility index (Phi) is 4.59. The lowest BCUT2D eigenvalue weighted by Crippen LogP contribution is -2.41. The molecule has 1 heterocycles. The van der Waals surface area contributed by atoms with E-state index in [1.165, 1.54) is 45.2 Å². The number of rotatable bonds is 4. The number of fused-ring (bicyclic) bond motifs is 1. The summed E-state index contributed by atoms with van der Waals surface area (Å²) in [6, 6.07) is 5.70. The van der Waals surface area contributed by atoms with Crippen molar-refractivity contribution in [3.63, 3.8) is 0 Å². The molecular formula is C18H25NO2. The number of carbonyl (C=O) groups is 1. The molecule has 2 unspecified atom stereocenters. The number of hydrogen-bond donors (Lipinski definition) is 0. The smallest absolute Gasteiger partial charge is 0.150 e. The summed E-state index contributed by atoms with van der Waals surface area (Å²) in [5.41, 5.74) is 1.87. The SMILES string of the molecule is COc1ccc(C=O)cc1CN1CCC2CCCCC2C1. The molecule has 2 atom stereocenters. The molecule has 1 aliphatic heterocycles. The van der Waals surface area contributed by atoms with Gasteiger partial charge in [0.2, 0.25) is 0 Å². The monoisotopic (exact) mass is 287 g/mol. The lowest BCUT2D eigenvalue weighted by atomic mass is 9.75. The van der Waals surface area contributed by atoms with Crippen LogP contribution in [0.1, 0.15) is 48.0 Å². The summed E-state index contributed by atoms with van der Waals surface area (Å²) in [5.74, 6) is 2.73. The molecule has 21 heavy (non-hydrogen) atoms. The first-order chi connectivity index (χ1) is 10.3. The van der Waals surface area contributed by atoms with Crippen LogP contribution >= 0.6 is 0 Å². The molecule has 0 radical (unpaired) electrons. The average molecular weight is 287 g/mol. The number of hydrogen-bond acceptors (Lipinski definition) is 3. The van der Waals surface area contributed by atoms with Gasteiger partial charge in [0.25, 0.3) is 0 Å². The zero-order valence-electron chi connectivity index (χ0n) is 12.9. The predicted octanol–water partition coefficient (Wildman–Crippen LogP) is 3.52. The molecule has 1 aromatic rings. The van der Waals surface area contributed by atoms with E-state index in [2.05, 4.69) is 4.90 Å². The predicted molar refractivity (Wildman–Crippen MR) is 83.7 cm³/mol. The van der Waals surface area contributed by atoms with Crippen molar-refractivity contribution >= 4 is 6.29 Å². The highest BCUT2D eigenvalue weighted by Crippen LogP contribution is 2.36. The van der Waals surface area contributed by atoms with Crippen LogP contribution in [0.15, 0.2) is 18.2 Å². The molecule has 0 bridgehead atoms. The van der Waals surface area contributed by atoms with Gasteiger partial charge in [0.1, 0.15) is 12.0 Å². The molecule has 0 amide bonds. The van der Waals surface area contributed by atoms with E-state index in [4.69, 9.17) is 4.74 Å². The Bertz CT molecular complexity index is 500. The van der Waals surface area contributed by atoms with E-state index in [-0.39, 0.29) is 0 Å². The summed E-state index contributed by atoms with van der Waals surface area (Å²) in [4.78, 5) is 13.5. The van der Waals surface area contributed by atoms with E-state index in [0.717, 1.165) is 41.5 Å². The number of carbonyl (C=O) groups excluding carboxylic acids is 1. The van der Waals surface area contributed by atoms with Crippen LogP contribution in [0.4, 0.5) is 0 Å². The van der Waals surface area contributed by atoms with E-state index in [9.17, 15) is 4.79 Å². The first-order valence-corrected chi connectivity index (χ1v) is 8.14. The maximum absolute atomic E-state index is 11.0. The number of nitrogens with zero attached hydrogens (tertiary/aromatic N) is 1. The van der Waals surface area contributed by atoms with Crippen molar-refractivity contribution in [3.8, 4) is 5.75 Å².